The van der Waals surface area contributed by atoms with Gasteiger partial charge in [0.25, 0.3) is 21.8 Å². The molecule has 1 aromatic heterocycles. The number of ether oxygens (including phenoxy) is 1. The molecule has 0 radical (unpaired) electrons. The predicted octanol–water partition coefficient (Wildman–Crippen LogP) is 3.18. The lowest BCUT2D eigenvalue weighted by molar-refractivity contribution is 0.0977. The van der Waals surface area contributed by atoms with Gasteiger partial charge in [0.1, 0.15) is 0 Å². The van der Waals surface area contributed by atoms with Crippen molar-refractivity contribution in [1.29, 1.82) is 0 Å². The number of methoxy groups -OCH3 is 1. The predicted molar refractivity (Wildman–Crippen MR) is 124 cm³/mol. The zero-order chi connectivity index (χ0) is 22.4. The van der Waals surface area contributed by atoms with Crippen molar-refractivity contribution in [2.75, 3.05) is 17.1 Å². The van der Waals surface area contributed by atoms with Crippen LogP contribution in [0.25, 0.3) is 0 Å². The van der Waals surface area contributed by atoms with Gasteiger partial charge >= 0.3 is 0 Å². The molecule has 9 nitrogen and oxygen atoms in total. The molecule has 160 valence electrons. The minimum atomic E-state index is -3.92. The number of carbonyl (C=O) groups excluding carboxylic acids is 1. The van der Waals surface area contributed by atoms with Crippen LogP contribution in [0.1, 0.15) is 10.4 Å². The van der Waals surface area contributed by atoms with Gasteiger partial charge in [-0.1, -0.05) is 15.9 Å². The number of halogens is 1. The Morgan fingerprint density at radius 2 is 1.68 bits per heavy atom. The SMILES string of the molecule is COc1nccnc1NS(=O)(=O)c1ccc(NC(=S)NC(=O)c2ccc(Br)cc2)cc1. The van der Waals surface area contributed by atoms with Gasteiger partial charge in [-0.05, 0) is 60.7 Å². The Hall–Kier alpha value is -3.09. The van der Waals surface area contributed by atoms with Crippen molar-refractivity contribution in [3.63, 3.8) is 0 Å². The maximum atomic E-state index is 12.6. The Kier molecular flexibility index (Phi) is 7.15. The second kappa shape index (κ2) is 9.81. The number of anilines is 2. The first kappa shape index (κ1) is 22.6. The zero-order valence-corrected chi connectivity index (χ0v) is 19.2. The van der Waals surface area contributed by atoms with Crippen molar-refractivity contribution < 1.29 is 17.9 Å². The molecule has 3 N–H and O–H groups in total. The Morgan fingerprint density at radius 1 is 1.03 bits per heavy atom. The fraction of sp³-hybridized carbons (Fsp3) is 0.0526. The van der Waals surface area contributed by atoms with Crippen LogP contribution < -0.4 is 20.1 Å². The maximum absolute atomic E-state index is 12.6. The third-order valence-corrected chi connectivity index (χ3v) is 5.93. The van der Waals surface area contributed by atoms with Crippen LogP contribution in [0, 0.1) is 0 Å². The summed E-state index contributed by atoms with van der Waals surface area (Å²) in [6.45, 7) is 0. The standard InChI is InChI=1S/C19H16BrN5O4S2/c1-29-18-16(21-10-11-22-18)25-31(27,28)15-8-6-14(7-9-15)23-19(30)24-17(26)12-2-4-13(20)5-3-12/h2-11H,1H3,(H,21,25)(H2,23,24,26,30). The second-order valence-electron chi connectivity index (χ2n) is 5.96. The molecule has 0 aliphatic rings. The van der Waals surface area contributed by atoms with E-state index in [4.69, 9.17) is 17.0 Å². The number of hydrogen-bond donors (Lipinski definition) is 3. The highest BCUT2D eigenvalue weighted by molar-refractivity contribution is 9.10. The van der Waals surface area contributed by atoms with E-state index in [2.05, 4.69) is 41.3 Å². The number of rotatable bonds is 6. The van der Waals surface area contributed by atoms with E-state index in [1.165, 1.54) is 43.8 Å². The summed E-state index contributed by atoms with van der Waals surface area (Å²) >= 11 is 8.45. The van der Waals surface area contributed by atoms with Gasteiger partial charge in [0.15, 0.2) is 5.11 Å². The summed E-state index contributed by atoms with van der Waals surface area (Å²) in [4.78, 5) is 20.0. The van der Waals surface area contributed by atoms with E-state index in [-0.39, 0.29) is 27.6 Å². The van der Waals surface area contributed by atoms with Gasteiger partial charge in [0, 0.05) is 28.1 Å². The average molecular weight is 522 g/mol. The summed E-state index contributed by atoms with van der Waals surface area (Å²) in [7, 11) is -2.55. The van der Waals surface area contributed by atoms with E-state index in [1.54, 1.807) is 24.3 Å². The molecule has 0 bridgehead atoms. The van der Waals surface area contributed by atoms with Gasteiger partial charge in [-0.3, -0.25) is 14.8 Å². The minimum Gasteiger partial charge on any atom is -0.478 e. The number of hydrogen-bond acceptors (Lipinski definition) is 7. The molecule has 1 amide bonds. The number of nitrogens with zero attached hydrogens (tertiary/aromatic N) is 2. The molecule has 0 saturated carbocycles. The van der Waals surface area contributed by atoms with Crippen LogP contribution in [-0.4, -0.2) is 36.5 Å². The van der Waals surface area contributed by atoms with E-state index in [0.717, 1.165) is 4.47 Å². The molecular formula is C19H16BrN5O4S2. The number of amides is 1. The molecule has 0 atom stereocenters. The Balaban J connectivity index is 1.64. The third kappa shape index (κ3) is 5.96. The third-order valence-electron chi connectivity index (χ3n) is 3.85. The number of nitrogens with one attached hydrogen (secondary N) is 3. The summed E-state index contributed by atoms with van der Waals surface area (Å²) in [5.41, 5.74) is 0.941. The van der Waals surface area contributed by atoms with Gasteiger partial charge in [-0.25, -0.2) is 18.4 Å². The summed E-state index contributed by atoms with van der Waals surface area (Å²) in [5, 5.41) is 5.47. The average Bonchev–Trinajstić information content (AvgIpc) is 2.74. The van der Waals surface area contributed by atoms with Crippen molar-refractivity contribution >= 4 is 60.7 Å². The number of sulfonamides is 1. The molecule has 0 spiro atoms. The van der Waals surface area contributed by atoms with Crippen LogP contribution >= 0.6 is 28.1 Å². The highest BCUT2D eigenvalue weighted by Crippen LogP contribution is 2.22. The highest BCUT2D eigenvalue weighted by atomic mass is 79.9. The van der Waals surface area contributed by atoms with Gasteiger partial charge in [0.05, 0.1) is 12.0 Å². The van der Waals surface area contributed by atoms with Crippen LogP contribution in [-0.2, 0) is 10.0 Å². The van der Waals surface area contributed by atoms with Crippen molar-refractivity contribution in [3.8, 4) is 5.88 Å². The van der Waals surface area contributed by atoms with Gasteiger partial charge in [0.2, 0.25) is 5.82 Å². The van der Waals surface area contributed by atoms with E-state index in [0.29, 0.717) is 11.3 Å². The smallest absolute Gasteiger partial charge is 0.263 e. The molecule has 0 fully saturated rings. The molecular weight excluding hydrogens is 506 g/mol. The summed E-state index contributed by atoms with van der Waals surface area (Å²) in [6, 6.07) is 12.6. The lowest BCUT2D eigenvalue weighted by Gasteiger charge is -2.12. The summed E-state index contributed by atoms with van der Waals surface area (Å²) in [5.74, 6) is -0.341. The van der Waals surface area contributed by atoms with E-state index in [9.17, 15) is 13.2 Å². The van der Waals surface area contributed by atoms with Crippen LogP contribution in [0.5, 0.6) is 5.88 Å². The second-order valence-corrected chi connectivity index (χ2v) is 8.97. The Bertz CT molecular complexity index is 1200. The molecule has 0 saturated heterocycles. The fourth-order valence-electron chi connectivity index (χ4n) is 2.39. The molecule has 31 heavy (non-hydrogen) atoms. The summed E-state index contributed by atoms with van der Waals surface area (Å²) < 4.78 is 33.4. The highest BCUT2D eigenvalue weighted by Gasteiger charge is 2.18. The van der Waals surface area contributed by atoms with Gasteiger partial charge < -0.3 is 10.1 Å². The normalized spacial score (nSPS) is 10.8. The molecule has 3 aromatic rings. The minimum absolute atomic E-state index is 0.00410. The Morgan fingerprint density at radius 3 is 2.32 bits per heavy atom. The van der Waals surface area contributed by atoms with Crippen LogP contribution in [0.4, 0.5) is 11.5 Å². The topological polar surface area (TPSA) is 122 Å². The van der Waals surface area contributed by atoms with Crippen molar-refractivity contribution in [3.05, 3.63) is 71.0 Å². The quantitative estimate of drug-likeness (QED) is 0.422. The maximum Gasteiger partial charge on any atom is 0.263 e. The first-order chi connectivity index (χ1) is 14.8. The van der Waals surface area contributed by atoms with Crippen LogP contribution in [0.2, 0.25) is 0 Å². The number of carbonyl (C=O) groups is 1. The molecule has 3 rings (SSSR count). The Labute approximate surface area is 192 Å². The van der Waals surface area contributed by atoms with Crippen LogP contribution in [0.15, 0.2) is 70.3 Å². The molecule has 12 heteroatoms. The van der Waals surface area contributed by atoms with E-state index in [1.807, 2.05) is 0 Å². The monoisotopic (exact) mass is 521 g/mol. The summed E-state index contributed by atoms with van der Waals surface area (Å²) in [6.07, 6.45) is 2.73. The van der Waals surface area contributed by atoms with Crippen molar-refractivity contribution in [2.45, 2.75) is 4.90 Å². The first-order valence-electron chi connectivity index (χ1n) is 8.64. The van der Waals surface area contributed by atoms with Crippen LogP contribution in [0.3, 0.4) is 0 Å². The van der Waals surface area contributed by atoms with Gasteiger partial charge in [-0.15, -0.1) is 0 Å². The number of benzene rings is 2. The zero-order valence-electron chi connectivity index (χ0n) is 16.0. The fourth-order valence-corrected chi connectivity index (χ4v) is 3.87. The molecule has 0 unspecified atom stereocenters. The molecule has 1 heterocycles. The first-order valence-corrected chi connectivity index (χ1v) is 11.3. The number of thiocarbonyl (C=S) groups is 1. The number of aromatic nitrogens is 2. The van der Waals surface area contributed by atoms with Gasteiger partial charge in [-0.2, -0.15) is 0 Å². The van der Waals surface area contributed by atoms with E-state index < -0.39 is 10.0 Å². The van der Waals surface area contributed by atoms with E-state index >= 15 is 0 Å². The van der Waals surface area contributed by atoms with Crippen molar-refractivity contribution in [2.24, 2.45) is 0 Å². The molecule has 2 aromatic carbocycles. The molecule has 0 aliphatic carbocycles. The lowest BCUT2D eigenvalue weighted by atomic mass is 10.2. The largest absolute Gasteiger partial charge is 0.478 e. The lowest BCUT2D eigenvalue weighted by Crippen LogP contribution is -2.34. The van der Waals surface area contributed by atoms with Crippen molar-refractivity contribution in [1.82, 2.24) is 15.3 Å². The molecule has 0 aliphatic heterocycles.